The lowest BCUT2D eigenvalue weighted by atomic mass is 9.67. The van der Waals surface area contributed by atoms with Gasteiger partial charge in [0.05, 0.1) is 0 Å². The highest BCUT2D eigenvalue weighted by Crippen LogP contribution is 2.52. The fraction of sp³-hybridized carbons (Fsp3) is 0.108. The van der Waals surface area contributed by atoms with Crippen LogP contribution in [0.1, 0.15) is 53.9 Å². The second-order valence-electron chi connectivity index (χ2n) is 18.3. The molecule has 0 amide bonds. The molecule has 9 aromatic carbocycles. The van der Waals surface area contributed by atoms with E-state index >= 15 is 0 Å². The summed E-state index contributed by atoms with van der Waals surface area (Å²) in [6, 6.07) is 81.3. The molecule has 0 aromatic heterocycles. The van der Waals surface area contributed by atoms with Gasteiger partial charge in [0, 0.05) is 29.4 Å². The Balaban J connectivity index is 0.861. The maximum Gasteiger partial charge on any atom is 0.0491 e. The summed E-state index contributed by atoms with van der Waals surface area (Å²) in [5.41, 5.74) is 26.2. The summed E-state index contributed by atoms with van der Waals surface area (Å²) in [5, 5.41) is 0. The van der Waals surface area contributed by atoms with Gasteiger partial charge < -0.3 is 4.90 Å². The number of fused-ring (bicyclic) bond motifs is 5. The first-order valence-electron chi connectivity index (χ1n) is 23.7. The fourth-order valence-electron chi connectivity index (χ4n) is 11.1. The molecule has 2 unspecified atom stereocenters. The number of nitrogens with zero attached hydrogens (tertiary/aromatic N) is 1. The molecule has 2 atom stereocenters. The van der Waals surface area contributed by atoms with Crippen LogP contribution in [0.15, 0.2) is 236 Å². The highest BCUT2D eigenvalue weighted by atomic mass is 15.1. The third-order valence-electron chi connectivity index (χ3n) is 14.5. The molecule has 0 N–H and O–H groups in total. The Hall–Kier alpha value is -7.74. The Morgan fingerprint density at radius 2 is 0.924 bits per heavy atom. The van der Waals surface area contributed by atoms with E-state index in [0.717, 1.165) is 25.8 Å². The predicted octanol–water partition coefficient (Wildman–Crippen LogP) is 17.4. The monoisotopic (exact) mass is 845 g/mol. The van der Waals surface area contributed by atoms with Crippen LogP contribution in [0.4, 0.5) is 11.4 Å². The zero-order valence-corrected chi connectivity index (χ0v) is 37.4. The van der Waals surface area contributed by atoms with Crippen LogP contribution in [-0.4, -0.2) is 6.54 Å². The molecule has 0 fully saturated rings. The van der Waals surface area contributed by atoms with Gasteiger partial charge in [-0.1, -0.05) is 213 Å². The number of allylic oxidation sites excluding steroid dienone is 4. The molecular formula is C65H51N. The fourth-order valence-corrected chi connectivity index (χ4v) is 11.1. The lowest BCUT2D eigenvalue weighted by molar-refractivity contribution is 0.611. The Labute approximate surface area is 389 Å². The van der Waals surface area contributed by atoms with E-state index in [0.29, 0.717) is 11.8 Å². The number of anilines is 2. The summed E-state index contributed by atoms with van der Waals surface area (Å²) in [7, 11) is 0. The summed E-state index contributed by atoms with van der Waals surface area (Å²) in [6.45, 7) is 3.36. The lowest BCUT2D eigenvalue weighted by Gasteiger charge is -2.37. The molecule has 0 radical (unpaired) electrons. The summed E-state index contributed by atoms with van der Waals surface area (Å²) in [6.07, 6.45) is 7.96. The third-order valence-corrected chi connectivity index (χ3v) is 14.5. The van der Waals surface area contributed by atoms with Crippen molar-refractivity contribution in [2.75, 3.05) is 11.4 Å². The van der Waals surface area contributed by atoms with Crippen molar-refractivity contribution in [1.29, 1.82) is 0 Å². The van der Waals surface area contributed by atoms with Crippen LogP contribution < -0.4 is 4.90 Å². The Morgan fingerprint density at radius 1 is 0.409 bits per heavy atom. The van der Waals surface area contributed by atoms with Gasteiger partial charge in [0.2, 0.25) is 0 Å². The normalized spacial score (nSPS) is 16.2. The van der Waals surface area contributed by atoms with E-state index in [1.807, 2.05) is 0 Å². The van der Waals surface area contributed by atoms with Crippen LogP contribution in [0.3, 0.4) is 0 Å². The van der Waals surface area contributed by atoms with Crippen molar-refractivity contribution in [1.82, 2.24) is 0 Å². The van der Waals surface area contributed by atoms with Gasteiger partial charge in [0.1, 0.15) is 0 Å². The number of hydrogen-bond acceptors (Lipinski definition) is 1. The minimum atomic E-state index is 0.347. The van der Waals surface area contributed by atoms with E-state index in [1.54, 1.807) is 5.57 Å². The molecule has 3 aliphatic rings. The standard InChI is InChI=1S/C65H51N/c1-44-58-37-35-55(42-62(58)60-21-10-11-22-61(60)65(44)53-33-31-50(32-34-53)49-25-23-47(24-26-49)45-13-4-2-5-14-45)56-36-38-64-63(43-56)59-20-9-8-17-52(59)39-40-66(64)57-19-12-18-54(41-57)51-29-27-48(28-30-51)46-15-6-3-7-16-46/h2-10,12-21,23-38,41-44,65H,11,22,39-40H2,1H3. The van der Waals surface area contributed by atoms with Crippen molar-refractivity contribution in [3.63, 3.8) is 0 Å². The summed E-state index contributed by atoms with van der Waals surface area (Å²) in [4.78, 5) is 2.54. The van der Waals surface area contributed by atoms with Gasteiger partial charge in [-0.3, -0.25) is 0 Å². The van der Waals surface area contributed by atoms with Gasteiger partial charge in [0.25, 0.3) is 0 Å². The lowest BCUT2D eigenvalue weighted by Crippen LogP contribution is -2.20. The van der Waals surface area contributed by atoms with E-state index in [-0.39, 0.29) is 0 Å². The highest BCUT2D eigenvalue weighted by molar-refractivity contribution is 5.91. The Kier molecular flexibility index (Phi) is 10.3. The van der Waals surface area contributed by atoms with Gasteiger partial charge in [-0.05, 0) is 145 Å². The van der Waals surface area contributed by atoms with Gasteiger partial charge in [0.15, 0.2) is 0 Å². The topological polar surface area (TPSA) is 3.24 Å². The molecule has 0 bridgehead atoms. The predicted molar refractivity (Wildman–Crippen MR) is 279 cm³/mol. The van der Waals surface area contributed by atoms with Crippen molar-refractivity contribution in [3.8, 4) is 66.8 Å². The van der Waals surface area contributed by atoms with Crippen LogP contribution in [-0.2, 0) is 6.42 Å². The van der Waals surface area contributed by atoms with Crippen LogP contribution in [0, 0.1) is 0 Å². The minimum Gasteiger partial charge on any atom is -0.341 e. The largest absolute Gasteiger partial charge is 0.341 e. The molecule has 2 aliphatic carbocycles. The van der Waals surface area contributed by atoms with Crippen molar-refractivity contribution < 1.29 is 0 Å². The number of benzene rings is 9. The van der Waals surface area contributed by atoms with E-state index in [1.165, 1.54) is 106 Å². The van der Waals surface area contributed by atoms with Crippen LogP contribution in [0.2, 0.25) is 0 Å². The highest BCUT2D eigenvalue weighted by Gasteiger charge is 2.34. The van der Waals surface area contributed by atoms with Crippen molar-refractivity contribution in [2.24, 2.45) is 0 Å². The zero-order valence-electron chi connectivity index (χ0n) is 37.4. The van der Waals surface area contributed by atoms with E-state index in [4.69, 9.17) is 0 Å². The molecule has 1 heteroatoms. The first-order valence-corrected chi connectivity index (χ1v) is 23.7. The average Bonchev–Trinajstić information content (AvgIpc) is 3.56. The van der Waals surface area contributed by atoms with Crippen LogP contribution >= 0.6 is 0 Å². The molecular weight excluding hydrogens is 795 g/mol. The maximum atomic E-state index is 2.54. The smallest absolute Gasteiger partial charge is 0.0491 e. The van der Waals surface area contributed by atoms with Crippen molar-refractivity contribution in [3.05, 3.63) is 258 Å². The second-order valence-corrected chi connectivity index (χ2v) is 18.3. The molecule has 12 rings (SSSR count). The van der Waals surface area contributed by atoms with E-state index in [9.17, 15) is 0 Å². The molecule has 0 saturated carbocycles. The average molecular weight is 846 g/mol. The van der Waals surface area contributed by atoms with Gasteiger partial charge in [-0.2, -0.15) is 0 Å². The van der Waals surface area contributed by atoms with Crippen molar-refractivity contribution in [2.45, 2.75) is 38.0 Å². The van der Waals surface area contributed by atoms with Gasteiger partial charge in [-0.25, -0.2) is 0 Å². The summed E-state index contributed by atoms with van der Waals surface area (Å²) >= 11 is 0. The SMILES string of the molecule is CC1c2ccc(-c3ccc4c(c3)-c3ccccc3CCN4c3cccc(-c4ccc(-c5ccccc5)cc4)c3)cc2C2=C(CCC=C2)C1c1ccc(-c2ccc(-c3ccccc3)cc2)cc1. The molecule has 1 nitrogen and oxygen atoms in total. The molecule has 9 aromatic rings. The molecule has 316 valence electrons. The zero-order chi connectivity index (χ0) is 44.0. The summed E-state index contributed by atoms with van der Waals surface area (Å²) in [5.74, 6) is 0.709. The third kappa shape index (κ3) is 7.31. The Morgan fingerprint density at radius 3 is 1.59 bits per heavy atom. The second kappa shape index (κ2) is 17.0. The van der Waals surface area contributed by atoms with Gasteiger partial charge >= 0.3 is 0 Å². The molecule has 0 saturated heterocycles. The number of hydrogen-bond donors (Lipinski definition) is 0. The van der Waals surface area contributed by atoms with Crippen molar-refractivity contribution >= 4 is 16.9 Å². The maximum absolute atomic E-state index is 2.54. The Bertz CT molecular complexity index is 3280. The van der Waals surface area contributed by atoms with Gasteiger partial charge in [-0.15, -0.1) is 0 Å². The first kappa shape index (κ1) is 39.8. The minimum absolute atomic E-state index is 0.347. The summed E-state index contributed by atoms with van der Waals surface area (Å²) < 4.78 is 0. The van der Waals surface area contributed by atoms with E-state index in [2.05, 4.69) is 242 Å². The molecule has 1 heterocycles. The molecule has 66 heavy (non-hydrogen) atoms. The molecule has 0 spiro atoms. The van der Waals surface area contributed by atoms with Crippen LogP contribution in [0.5, 0.6) is 0 Å². The first-order chi connectivity index (χ1) is 32.6. The molecule has 1 aliphatic heterocycles. The number of rotatable bonds is 7. The van der Waals surface area contributed by atoms with Crippen LogP contribution in [0.25, 0.3) is 72.3 Å². The van der Waals surface area contributed by atoms with E-state index < -0.39 is 0 Å². The quantitative estimate of drug-likeness (QED) is 0.154.